The summed E-state index contributed by atoms with van der Waals surface area (Å²) in [6.45, 7) is 4.90. The molecule has 0 atom stereocenters. The molecule has 5 heteroatoms. The summed E-state index contributed by atoms with van der Waals surface area (Å²) in [7, 11) is 0. The molecule has 0 radical (unpaired) electrons. The van der Waals surface area contributed by atoms with E-state index in [1.165, 1.54) is 0 Å². The molecule has 1 rings (SSSR count). The highest BCUT2D eigenvalue weighted by molar-refractivity contribution is 7.11. The van der Waals surface area contributed by atoms with Crippen LogP contribution in [0, 0.1) is 0 Å². The predicted octanol–water partition coefficient (Wildman–Crippen LogP) is 1.58. The number of hydrogen-bond acceptors (Lipinski definition) is 4. The van der Waals surface area contributed by atoms with Crippen LogP contribution in [0.3, 0.4) is 0 Å². The lowest BCUT2D eigenvalue weighted by molar-refractivity contribution is 0.814. The van der Waals surface area contributed by atoms with Gasteiger partial charge in [-0.2, -0.15) is 0 Å². The Morgan fingerprint density at radius 3 is 2.50 bits per heavy atom. The smallest absolute Gasteiger partial charge is 0.119 e. The van der Waals surface area contributed by atoms with Gasteiger partial charge in [0.2, 0.25) is 0 Å². The normalized spacial score (nSPS) is 10.0. The van der Waals surface area contributed by atoms with Gasteiger partial charge in [-0.15, -0.1) is 33.9 Å². The van der Waals surface area contributed by atoms with Crippen LogP contribution in [-0.2, 0) is 6.42 Å². The van der Waals surface area contributed by atoms with Gasteiger partial charge >= 0.3 is 0 Å². The van der Waals surface area contributed by atoms with E-state index in [1.807, 2.05) is 0 Å². The summed E-state index contributed by atoms with van der Waals surface area (Å²) >= 11 is 1.66. The van der Waals surface area contributed by atoms with Crippen LogP contribution in [0.15, 0.2) is 0 Å². The van der Waals surface area contributed by atoms with Crippen LogP contribution in [0.4, 0.5) is 0 Å². The lowest BCUT2D eigenvalue weighted by Gasteiger charge is -1.93. The van der Waals surface area contributed by atoms with Crippen molar-refractivity contribution in [3.8, 4) is 0 Å². The Hall–Kier alpha value is -0.190. The first-order valence-electron chi connectivity index (χ1n) is 3.76. The molecule has 70 valence electrons. The molecule has 0 aliphatic heterocycles. The van der Waals surface area contributed by atoms with Gasteiger partial charge in [0.1, 0.15) is 10.0 Å². The molecular formula is C7H14ClN3S. The van der Waals surface area contributed by atoms with E-state index in [0.29, 0.717) is 12.5 Å². The van der Waals surface area contributed by atoms with E-state index in [4.69, 9.17) is 5.73 Å². The van der Waals surface area contributed by atoms with Gasteiger partial charge in [0, 0.05) is 12.3 Å². The molecule has 0 aromatic carbocycles. The molecular weight excluding hydrogens is 194 g/mol. The molecule has 2 N–H and O–H groups in total. The maximum Gasteiger partial charge on any atom is 0.119 e. The fraction of sp³-hybridized carbons (Fsp3) is 0.714. The first kappa shape index (κ1) is 11.8. The molecule has 0 unspecified atom stereocenters. The van der Waals surface area contributed by atoms with Crippen molar-refractivity contribution in [2.45, 2.75) is 26.2 Å². The van der Waals surface area contributed by atoms with E-state index in [0.717, 1.165) is 16.4 Å². The number of rotatable bonds is 3. The fourth-order valence-corrected chi connectivity index (χ4v) is 1.58. The van der Waals surface area contributed by atoms with Crippen LogP contribution in [0.5, 0.6) is 0 Å². The van der Waals surface area contributed by atoms with Crippen molar-refractivity contribution < 1.29 is 0 Å². The molecule has 1 aromatic rings. The number of hydrogen-bond donors (Lipinski definition) is 1. The summed E-state index contributed by atoms with van der Waals surface area (Å²) in [4.78, 5) is 0. The molecule has 12 heavy (non-hydrogen) atoms. The molecule has 0 aliphatic carbocycles. The van der Waals surface area contributed by atoms with Gasteiger partial charge < -0.3 is 5.73 Å². The second-order valence-electron chi connectivity index (χ2n) is 2.73. The van der Waals surface area contributed by atoms with Crippen molar-refractivity contribution in [2.24, 2.45) is 5.73 Å². The Kier molecular flexibility index (Phi) is 5.37. The molecule has 1 heterocycles. The maximum atomic E-state index is 5.38. The van der Waals surface area contributed by atoms with E-state index in [2.05, 4.69) is 24.0 Å². The Morgan fingerprint density at radius 1 is 1.42 bits per heavy atom. The molecule has 0 saturated carbocycles. The van der Waals surface area contributed by atoms with Crippen molar-refractivity contribution >= 4 is 23.7 Å². The Labute approximate surface area is 82.8 Å². The van der Waals surface area contributed by atoms with Crippen LogP contribution < -0.4 is 5.73 Å². The van der Waals surface area contributed by atoms with E-state index < -0.39 is 0 Å². The fourth-order valence-electron chi connectivity index (χ4n) is 0.724. The van der Waals surface area contributed by atoms with Crippen molar-refractivity contribution in [3.05, 3.63) is 10.0 Å². The van der Waals surface area contributed by atoms with Crippen LogP contribution in [0.25, 0.3) is 0 Å². The monoisotopic (exact) mass is 207 g/mol. The lowest BCUT2D eigenvalue weighted by atomic mass is 10.2. The third-order valence-electron chi connectivity index (χ3n) is 1.33. The van der Waals surface area contributed by atoms with Gasteiger partial charge in [-0.05, 0) is 6.54 Å². The molecule has 3 nitrogen and oxygen atoms in total. The van der Waals surface area contributed by atoms with Gasteiger partial charge in [0.15, 0.2) is 0 Å². The molecule has 0 bridgehead atoms. The van der Waals surface area contributed by atoms with E-state index in [-0.39, 0.29) is 12.4 Å². The van der Waals surface area contributed by atoms with Crippen molar-refractivity contribution in [3.63, 3.8) is 0 Å². The third kappa shape index (κ3) is 3.05. The van der Waals surface area contributed by atoms with Gasteiger partial charge in [0.25, 0.3) is 0 Å². The van der Waals surface area contributed by atoms with Crippen molar-refractivity contribution in [2.75, 3.05) is 6.54 Å². The minimum Gasteiger partial charge on any atom is -0.330 e. The zero-order valence-corrected chi connectivity index (χ0v) is 8.91. The van der Waals surface area contributed by atoms with Crippen molar-refractivity contribution in [1.82, 2.24) is 10.2 Å². The summed E-state index contributed by atoms with van der Waals surface area (Å²) in [6.07, 6.45) is 0.852. The SMILES string of the molecule is CC(C)c1nnc(CCN)s1.Cl. The molecule has 0 fully saturated rings. The van der Waals surface area contributed by atoms with Crippen LogP contribution in [-0.4, -0.2) is 16.7 Å². The highest BCUT2D eigenvalue weighted by atomic mass is 35.5. The zero-order valence-electron chi connectivity index (χ0n) is 7.28. The number of nitrogens with two attached hydrogens (primary N) is 1. The van der Waals surface area contributed by atoms with E-state index >= 15 is 0 Å². The Balaban J connectivity index is 0.00000121. The van der Waals surface area contributed by atoms with Crippen LogP contribution >= 0.6 is 23.7 Å². The lowest BCUT2D eigenvalue weighted by Crippen LogP contribution is -2.01. The van der Waals surface area contributed by atoms with Gasteiger partial charge in [-0.3, -0.25) is 0 Å². The zero-order chi connectivity index (χ0) is 8.27. The molecule has 0 amide bonds. The van der Waals surface area contributed by atoms with Crippen LogP contribution in [0.2, 0.25) is 0 Å². The predicted molar refractivity (Wildman–Crippen MR) is 54.0 cm³/mol. The quantitative estimate of drug-likeness (QED) is 0.819. The minimum absolute atomic E-state index is 0. The Bertz CT molecular complexity index is 224. The summed E-state index contributed by atoms with van der Waals surface area (Å²) in [5.41, 5.74) is 5.38. The first-order valence-corrected chi connectivity index (χ1v) is 4.58. The highest BCUT2D eigenvalue weighted by Crippen LogP contribution is 2.18. The minimum atomic E-state index is 0. The first-order chi connectivity index (χ1) is 5.24. The largest absolute Gasteiger partial charge is 0.330 e. The summed E-state index contributed by atoms with van der Waals surface area (Å²) in [5.74, 6) is 0.485. The number of halogens is 1. The summed E-state index contributed by atoms with van der Waals surface area (Å²) in [5, 5.41) is 10.2. The second-order valence-corrected chi connectivity index (χ2v) is 3.82. The average molecular weight is 208 g/mol. The molecule has 0 spiro atoms. The Morgan fingerprint density at radius 2 is 2.08 bits per heavy atom. The summed E-state index contributed by atoms with van der Waals surface area (Å²) < 4.78 is 0. The molecule has 0 aliphatic rings. The van der Waals surface area contributed by atoms with Crippen LogP contribution in [0.1, 0.15) is 29.8 Å². The van der Waals surface area contributed by atoms with Crippen molar-refractivity contribution in [1.29, 1.82) is 0 Å². The van der Waals surface area contributed by atoms with Gasteiger partial charge in [-0.1, -0.05) is 13.8 Å². The van der Waals surface area contributed by atoms with Gasteiger partial charge in [-0.25, -0.2) is 0 Å². The maximum absolute atomic E-state index is 5.38. The molecule has 1 aromatic heterocycles. The van der Waals surface area contributed by atoms with E-state index in [1.54, 1.807) is 11.3 Å². The third-order valence-corrected chi connectivity index (χ3v) is 2.62. The summed E-state index contributed by atoms with van der Waals surface area (Å²) in [6, 6.07) is 0. The topological polar surface area (TPSA) is 51.8 Å². The van der Waals surface area contributed by atoms with Gasteiger partial charge in [0.05, 0.1) is 0 Å². The number of nitrogens with zero attached hydrogens (tertiary/aromatic N) is 2. The number of aromatic nitrogens is 2. The second kappa shape index (κ2) is 5.45. The highest BCUT2D eigenvalue weighted by Gasteiger charge is 2.05. The van der Waals surface area contributed by atoms with E-state index in [9.17, 15) is 0 Å². The average Bonchev–Trinajstić information content (AvgIpc) is 2.37. The molecule has 0 saturated heterocycles. The standard InChI is InChI=1S/C7H13N3S.ClH/c1-5(2)7-10-9-6(11-7)3-4-8;/h5H,3-4,8H2,1-2H3;1H.